The van der Waals surface area contributed by atoms with Gasteiger partial charge >= 0.3 is 0 Å². The van der Waals surface area contributed by atoms with Gasteiger partial charge in [0.15, 0.2) is 0 Å². The second-order valence-electron chi connectivity index (χ2n) is 4.34. The Morgan fingerprint density at radius 1 is 1.47 bits per heavy atom. The molecule has 1 heterocycles. The minimum Gasteiger partial charge on any atom is -0.397 e. The second-order valence-corrected chi connectivity index (χ2v) is 4.34. The van der Waals surface area contributed by atoms with Crippen LogP contribution in [0.3, 0.4) is 0 Å². The highest BCUT2D eigenvalue weighted by Crippen LogP contribution is 2.27. The van der Waals surface area contributed by atoms with Gasteiger partial charge in [-0.05, 0) is 26.0 Å². The number of hydrogen-bond acceptors (Lipinski definition) is 4. The highest BCUT2D eigenvalue weighted by molar-refractivity contribution is 5.90. The summed E-state index contributed by atoms with van der Waals surface area (Å²) in [5.41, 5.74) is 8.48. The van der Waals surface area contributed by atoms with E-state index in [1.807, 2.05) is 30.9 Å². The zero-order chi connectivity index (χ0) is 13.8. The van der Waals surface area contributed by atoms with Crippen LogP contribution in [0.1, 0.15) is 13.8 Å². The molecule has 19 heavy (non-hydrogen) atoms. The molecule has 0 saturated carbocycles. The number of H-pyrrole nitrogens is 1. The molecule has 0 aliphatic heterocycles. The van der Waals surface area contributed by atoms with E-state index in [1.54, 1.807) is 6.20 Å². The van der Waals surface area contributed by atoms with Crippen LogP contribution in [0.2, 0.25) is 0 Å². The lowest BCUT2D eigenvalue weighted by molar-refractivity contribution is -0.119. The van der Waals surface area contributed by atoms with Crippen molar-refractivity contribution in [2.24, 2.45) is 0 Å². The van der Waals surface area contributed by atoms with Crippen molar-refractivity contribution < 1.29 is 4.79 Å². The molecule has 0 atom stereocenters. The predicted molar refractivity (Wildman–Crippen MR) is 77.1 cm³/mol. The number of rotatable bonds is 5. The molecule has 2 aromatic rings. The molecule has 0 aliphatic carbocycles. The van der Waals surface area contributed by atoms with E-state index >= 15 is 0 Å². The van der Waals surface area contributed by atoms with Crippen LogP contribution in [-0.2, 0) is 4.79 Å². The van der Waals surface area contributed by atoms with Crippen molar-refractivity contribution in [2.45, 2.75) is 13.8 Å². The van der Waals surface area contributed by atoms with Gasteiger partial charge in [-0.1, -0.05) is 0 Å². The van der Waals surface area contributed by atoms with Crippen LogP contribution in [0.5, 0.6) is 0 Å². The van der Waals surface area contributed by atoms with E-state index in [0.717, 1.165) is 16.6 Å². The van der Waals surface area contributed by atoms with E-state index in [-0.39, 0.29) is 5.91 Å². The Hall–Kier alpha value is -2.24. The first-order valence-corrected chi connectivity index (χ1v) is 6.40. The lowest BCUT2D eigenvalue weighted by atomic mass is 10.2. The number of nitrogens with two attached hydrogens (primary N) is 1. The molecule has 102 valence electrons. The first-order valence-electron chi connectivity index (χ1n) is 6.40. The van der Waals surface area contributed by atoms with Gasteiger partial charge in [-0.2, -0.15) is 5.10 Å². The van der Waals surface area contributed by atoms with E-state index in [0.29, 0.717) is 25.3 Å². The van der Waals surface area contributed by atoms with Gasteiger partial charge in [0, 0.05) is 18.5 Å². The molecule has 6 heteroatoms. The van der Waals surface area contributed by atoms with E-state index in [9.17, 15) is 4.79 Å². The number of anilines is 2. The number of nitrogens with one attached hydrogen (secondary N) is 2. The first-order chi connectivity index (χ1) is 9.15. The summed E-state index contributed by atoms with van der Waals surface area (Å²) in [7, 11) is 0. The number of benzene rings is 1. The Balaban J connectivity index is 2.28. The topological polar surface area (TPSA) is 87.0 Å². The molecular weight excluding hydrogens is 242 g/mol. The summed E-state index contributed by atoms with van der Waals surface area (Å²) >= 11 is 0. The molecule has 1 amide bonds. The quantitative estimate of drug-likeness (QED) is 0.704. The van der Waals surface area contributed by atoms with Gasteiger partial charge in [-0.25, -0.2) is 0 Å². The molecule has 0 spiro atoms. The van der Waals surface area contributed by atoms with E-state index < -0.39 is 0 Å². The van der Waals surface area contributed by atoms with Crippen molar-refractivity contribution in [3.8, 4) is 0 Å². The summed E-state index contributed by atoms with van der Waals surface area (Å²) in [4.78, 5) is 13.6. The highest BCUT2D eigenvalue weighted by Gasteiger charge is 2.13. The van der Waals surface area contributed by atoms with Gasteiger partial charge in [0.05, 0.1) is 29.6 Å². The maximum absolute atomic E-state index is 11.7. The summed E-state index contributed by atoms with van der Waals surface area (Å²) in [6.07, 6.45) is 1.73. The summed E-state index contributed by atoms with van der Waals surface area (Å²) < 4.78 is 0. The number of aromatic amines is 1. The molecule has 0 unspecified atom stereocenters. The van der Waals surface area contributed by atoms with Crippen LogP contribution < -0.4 is 16.0 Å². The molecule has 0 radical (unpaired) electrons. The standard InChI is InChI=1S/C13H19N5O/c1-3-15-13(19)8-18(4-2)12-6-11-9(5-10(12)14)7-16-17-11/h5-7H,3-4,8,14H2,1-2H3,(H,15,19)(H,16,17). The second kappa shape index (κ2) is 5.60. The SMILES string of the molecule is CCNC(=O)CN(CC)c1cc2[nH]ncc2cc1N. The minimum atomic E-state index is -0.00606. The number of nitrogens with zero attached hydrogens (tertiary/aromatic N) is 2. The fourth-order valence-corrected chi connectivity index (χ4v) is 2.07. The van der Waals surface area contributed by atoms with Crippen LogP contribution >= 0.6 is 0 Å². The number of aromatic nitrogens is 2. The number of carbonyl (C=O) groups excluding carboxylic acids is 1. The van der Waals surface area contributed by atoms with Gasteiger partial charge in [-0.3, -0.25) is 9.89 Å². The zero-order valence-corrected chi connectivity index (χ0v) is 11.2. The number of hydrogen-bond donors (Lipinski definition) is 3. The number of carbonyl (C=O) groups is 1. The summed E-state index contributed by atoms with van der Waals surface area (Å²) in [6, 6.07) is 3.80. The summed E-state index contributed by atoms with van der Waals surface area (Å²) in [5, 5.41) is 10.7. The van der Waals surface area contributed by atoms with E-state index in [1.165, 1.54) is 0 Å². The lowest BCUT2D eigenvalue weighted by Gasteiger charge is -2.24. The van der Waals surface area contributed by atoms with Gasteiger partial charge in [-0.15, -0.1) is 0 Å². The predicted octanol–water partition coefficient (Wildman–Crippen LogP) is 1.11. The number of likely N-dealkylation sites (N-methyl/N-ethyl adjacent to an activating group) is 2. The molecule has 4 N–H and O–H groups in total. The highest BCUT2D eigenvalue weighted by atomic mass is 16.2. The van der Waals surface area contributed by atoms with Gasteiger partial charge < -0.3 is 16.0 Å². The Kier molecular flexibility index (Phi) is 3.89. The van der Waals surface area contributed by atoms with E-state index in [4.69, 9.17) is 5.73 Å². The maximum atomic E-state index is 11.7. The third-order valence-corrected chi connectivity index (χ3v) is 3.02. The molecule has 0 fully saturated rings. The number of fused-ring (bicyclic) bond motifs is 1. The lowest BCUT2D eigenvalue weighted by Crippen LogP contribution is -2.37. The van der Waals surface area contributed by atoms with Crippen LogP contribution in [0, 0.1) is 0 Å². The Bertz CT molecular complexity index is 577. The van der Waals surface area contributed by atoms with Gasteiger partial charge in [0.1, 0.15) is 0 Å². The molecule has 0 saturated heterocycles. The molecule has 0 aliphatic rings. The fourth-order valence-electron chi connectivity index (χ4n) is 2.07. The van der Waals surface area contributed by atoms with Gasteiger partial charge in [0.25, 0.3) is 0 Å². The van der Waals surface area contributed by atoms with Crippen molar-refractivity contribution in [3.63, 3.8) is 0 Å². The smallest absolute Gasteiger partial charge is 0.239 e. The molecule has 0 bridgehead atoms. The zero-order valence-electron chi connectivity index (χ0n) is 11.2. The minimum absolute atomic E-state index is 0.00606. The van der Waals surface area contributed by atoms with Gasteiger partial charge in [0.2, 0.25) is 5.91 Å². The average Bonchev–Trinajstić information content (AvgIpc) is 2.82. The number of amides is 1. The fraction of sp³-hybridized carbons (Fsp3) is 0.385. The third kappa shape index (κ3) is 2.78. The Labute approximate surface area is 112 Å². The molecular formula is C13H19N5O. The first kappa shape index (κ1) is 13.2. The van der Waals surface area contributed by atoms with Crippen LogP contribution in [0.15, 0.2) is 18.3 Å². The average molecular weight is 261 g/mol. The van der Waals surface area contributed by atoms with Crippen molar-refractivity contribution >= 4 is 28.2 Å². The van der Waals surface area contributed by atoms with Crippen LogP contribution in [-0.4, -0.2) is 35.7 Å². The van der Waals surface area contributed by atoms with Crippen molar-refractivity contribution in [3.05, 3.63) is 18.3 Å². The molecule has 1 aromatic carbocycles. The summed E-state index contributed by atoms with van der Waals surface area (Å²) in [5.74, 6) is -0.00606. The van der Waals surface area contributed by atoms with E-state index in [2.05, 4.69) is 15.5 Å². The normalized spacial score (nSPS) is 10.6. The third-order valence-electron chi connectivity index (χ3n) is 3.02. The monoisotopic (exact) mass is 261 g/mol. The molecule has 1 aromatic heterocycles. The Morgan fingerprint density at radius 2 is 2.26 bits per heavy atom. The molecule has 2 rings (SSSR count). The van der Waals surface area contributed by atoms with Crippen LogP contribution in [0.25, 0.3) is 10.9 Å². The van der Waals surface area contributed by atoms with Crippen molar-refractivity contribution in [1.29, 1.82) is 0 Å². The molecule has 6 nitrogen and oxygen atoms in total. The largest absolute Gasteiger partial charge is 0.397 e. The van der Waals surface area contributed by atoms with Crippen LogP contribution in [0.4, 0.5) is 11.4 Å². The Morgan fingerprint density at radius 3 is 2.95 bits per heavy atom. The van der Waals surface area contributed by atoms with Crippen molar-refractivity contribution in [1.82, 2.24) is 15.5 Å². The number of nitrogen functional groups attached to an aromatic ring is 1. The maximum Gasteiger partial charge on any atom is 0.239 e. The summed E-state index contributed by atoms with van der Waals surface area (Å²) in [6.45, 7) is 5.54. The van der Waals surface area contributed by atoms with Crippen molar-refractivity contribution in [2.75, 3.05) is 30.3 Å².